The van der Waals surface area contributed by atoms with Crippen LogP contribution >= 0.6 is 11.6 Å². The Kier molecular flexibility index (Phi) is 4.85. The number of rotatable bonds is 6. The van der Waals surface area contributed by atoms with E-state index in [2.05, 4.69) is 12.2 Å². The molecular formula is C15H18ClNO. The summed E-state index contributed by atoms with van der Waals surface area (Å²) in [7, 11) is 0. The Morgan fingerprint density at radius 3 is 2.78 bits per heavy atom. The molecule has 0 unspecified atom stereocenters. The maximum Gasteiger partial charge on any atom is 0.135 e. The highest BCUT2D eigenvalue weighted by molar-refractivity contribution is 6.33. The Morgan fingerprint density at radius 2 is 2.00 bits per heavy atom. The van der Waals surface area contributed by atoms with Gasteiger partial charge in [-0.25, -0.2) is 0 Å². The fourth-order valence-corrected chi connectivity index (χ4v) is 2.02. The molecule has 0 radical (unpaired) electrons. The Bertz CT molecular complexity index is 493. The van der Waals surface area contributed by atoms with Gasteiger partial charge in [-0.15, -0.1) is 0 Å². The standard InChI is InChI=1S/C15H18ClNO/c1-2-3-10-17-11-12-8-9-15(18-12)13-6-4-5-7-14(13)16/h4-9,17H,2-3,10-11H2,1H3. The molecule has 0 saturated carbocycles. The fraction of sp³-hybridized carbons (Fsp3) is 0.333. The minimum atomic E-state index is 0.720. The smallest absolute Gasteiger partial charge is 0.135 e. The summed E-state index contributed by atoms with van der Waals surface area (Å²) in [5, 5.41) is 4.08. The molecule has 1 N–H and O–H groups in total. The van der Waals surface area contributed by atoms with E-state index < -0.39 is 0 Å². The van der Waals surface area contributed by atoms with Crippen molar-refractivity contribution in [3.05, 3.63) is 47.2 Å². The predicted molar refractivity (Wildman–Crippen MR) is 75.8 cm³/mol. The van der Waals surface area contributed by atoms with Crippen LogP contribution in [0.15, 0.2) is 40.8 Å². The maximum atomic E-state index is 6.14. The molecule has 0 aliphatic heterocycles. The lowest BCUT2D eigenvalue weighted by Gasteiger charge is -2.02. The monoisotopic (exact) mass is 263 g/mol. The molecule has 0 fully saturated rings. The van der Waals surface area contributed by atoms with Crippen LogP contribution in [0.5, 0.6) is 0 Å². The van der Waals surface area contributed by atoms with E-state index in [9.17, 15) is 0 Å². The lowest BCUT2D eigenvalue weighted by molar-refractivity contribution is 0.490. The van der Waals surface area contributed by atoms with Gasteiger partial charge in [0.1, 0.15) is 11.5 Å². The van der Waals surface area contributed by atoms with E-state index in [0.29, 0.717) is 0 Å². The molecule has 18 heavy (non-hydrogen) atoms. The van der Waals surface area contributed by atoms with Gasteiger partial charge < -0.3 is 9.73 Å². The number of benzene rings is 1. The molecule has 0 bridgehead atoms. The second-order valence-electron chi connectivity index (χ2n) is 4.28. The molecule has 0 aliphatic rings. The lowest BCUT2D eigenvalue weighted by Crippen LogP contribution is -2.13. The molecule has 1 aromatic heterocycles. The summed E-state index contributed by atoms with van der Waals surface area (Å²) in [6.45, 7) is 3.98. The zero-order valence-electron chi connectivity index (χ0n) is 10.6. The average Bonchev–Trinajstić information content (AvgIpc) is 2.84. The first-order chi connectivity index (χ1) is 8.81. The van der Waals surface area contributed by atoms with Crippen molar-refractivity contribution >= 4 is 11.6 Å². The van der Waals surface area contributed by atoms with Gasteiger partial charge in [-0.05, 0) is 37.2 Å². The third-order valence-corrected chi connectivity index (χ3v) is 3.14. The molecule has 2 aromatic rings. The zero-order chi connectivity index (χ0) is 12.8. The molecule has 1 aromatic carbocycles. The highest BCUT2D eigenvalue weighted by Crippen LogP contribution is 2.28. The van der Waals surface area contributed by atoms with Crippen LogP contribution in [0, 0.1) is 0 Å². The van der Waals surface area contributed by atoms with E-state index in [1.54, 1.807) is 0 Å². The van der Waals surface area contributed by atoms with Crippen LogP contribution in [-0.2, 0) is 6.54 Å². The van der Waals surface area contributed by atoms with Crippen molar-refractivity contribution in [1.29, 1.82) is 0 Å². The van der Waals surface area contributed by atoms with Gasteiger partial charge in [0.05, 0.1) is 11.6 Å². The van der Waals surface area contributed by atoms with Gasteiger partial charge in [-0.2, -0.15) is 0 Å². The first-order valence-corrected chi connectivity index (χ1v) is 6.73. The first-order valence-electron chi connectivity index (χ1n) is 6.35. The number of hydrogen-bond donors (Lipinski definition) is 1. The van der Waals surface area contributed by atoms with E-state index in [1.165, 1.54) is 12.8 Å². The summed E-state index contributed by atoms with van der Waals surface area (Å²) in [6.07, 6.45) is 2.40. The van der Waals surface area contributed by atoms with Crippen molar-refractivity contribution < 1.29 is 4.42 Å². The molecule has 2 rings (SSSR count). The van der Waals surface area contributed by atoms with Gasteiger partial charge in [0.15, 0.2) is 0 Å². The van der Waals surface area contributed by atoms with E-state index in [4.69, 9.17) is 16.0 Å². The van der Waals surface area contributed by atoms with Crippen LogP contribution < -0.4 is 5.32 Å². The second kappa shape index (κ2) is 6.62. The van der Waals surface area contributed by atoms with Crippen LogP contribution in [0.2, 0.25) is 5.02 Å². The fourth-order valence-electron chi connectivity index (χ4n) is 1.79. The summed E-state index contributed by atoms with van der Waals surface area (Å²) >= 11 is 6.14. The van der Waals surface area contributed by atoms with E-state index in [0.717, 1.165) is 35.2 Å². The van der Waals surface area contributed by atoms with E-state index >= 15 is 0 Å². The van der Waals surface area contributed by atoms with Crippen LogP contribution in [-0.4, -0.2) is 6.54 Å². The predicted octanol–water partition coefficient (Wildman–Crippen LogP) is 4.49. The summed E-state index contributed by atoms with van der Waals surface area (Å²) in [4.78, 5) is 0. The summed E-state index contributed by atoms with van der Waals surface area (Å²) in [6, 6.07) is 11.7. The number of furan rings is 1. The van der Waals surface area contributed by atoms with E-state index in [-0.39, 0.29) is 0 Å². The van der Waals surface area contributed by atoms with Gasteiger partial charge in [0.2, 0.25) is 0 Å². The molecule has 3 heteroatoms. The van der Waals surface area contributed by atoms with Gasteiger partial charge in [-0.3, -0.25) is 0 Å². The number of hydrogen-bond acceptors (Lipinski definition) is 2. The van der Waals surface area contributed by atoms with Crippen LogP contribution in [0.1, 0.15) is 25.5 Å². The van der Waals surface area contributed by atoms with Gasteiger partial charge in [0.25, 0.3) is 0 Å². The number of unbranched alkanes of at least 4 members (excludes halogenated alkanes) is 1. The lowest BCUT2D eigenvalue weighted by atomic mass is 10.2. The first kappa shape index (κ1) is 13.2. The highest BCUT2D eigenvalue weighted by Gasteiger charge is 2.07. The zero-order valence-corrected chi connectivity index (χ0v) is 11.3. The Morgan fingerprint density at radius 1 is 1.17 bits per heavy atom. The summed E-state index contributed by atoms with van der Waals surface area (Å²) < 4.78 is 5.78. The topological polar surface area (TPSA) is 25.2 Å². The van der Waals surface area contributed by atoms with Crippen LogP contribution in [0.3, 0.4) is 0 Å². The van der Waals surface area contributed by atoms with Gasteiger partial charge in [0, 0.05) is 5.56 Å². The average molecular weight is 264 g/mol. The van der Waals surface area contributed by atoms with Crippen molar-refractivity contribution in [2.24, 2.45) is 0 Å². The molecule has 0 saturated heterocycles. The summed E-state index contributed by atoms with van der Waals surface area (Å²) in [5.41, 5.74) is 0.943. The third-order valence-electron chi connectivity index (χ3n) is 2.81. The number of nitrogens with one attached hydrogen (secondary N) is 1. The van der Waals surface area contributed by atoms with E-state index in [1.807, 2.05) is 36.4 Å². The largest absolute Gasteiger partial charge is 0.460 e. The van der Waals surface area contributed by atoms with Crippen molar-refractivity contribution in [2.45, 2.75) is 26.3 Å². The van der Waals surface area contributed by atoms with Gasteiger partial charge in [-0.1, -0.05) is 37.1 Å². The molecular weight excluding hydrogens is 246 g/mol. The SMILES string of the molecule is CCCCNCc1ccc(-c2ccccc2Cl)o1. The summed E-state index contributed by atoms with van der Waals surface area (Å²) in [5.74, 6) is 1.77. The normalized spacial score (nSPS) is 10.8. The minimum Gasteiger partial charge on any atom is -0.460 e. The van der Waals surface area contributed by atoms with Crippen molar-refractivity contribution in [2.75, 3.05) is 6.54 Å². The van der Waals surface area contributed by atoms with Crippen molar-refractivity contribution in [3.8, 4) is 11.3 Å². The molecule has 0 spiro atoms. The molecule has 0 aliphatic carbocycles. The molecule has 1 heterocycles. The highest BCUT2D eigenvalue weighted by atomic mass is 35.5. The minimum absolute atomic E-state index is 0.720. The second-order valence-corrected chi connectivity index (χ2v) is 4.68. The van der Waals surface area contributed by atoms with Crippen molar-refractivity contribution in [1.82, 2.24) is 5.32 Å². The third kappa shape index (κ3) is 3.37. The Hall–Kier alpha value is -1.25. The molecule has 96 valence electrons. The van der Waals surface area contributed by atoms with Gasteiger partial charge >= 0.3 is 0 Å². The van der Waals surface area contributed by atoms with Crippen molar-refractivity contribution in [3.63, 3.8) is 0 Å². The Labute approximate surface area is 113 Å². The molecule has 2 nitrogen and oxygen atoms in total. The molecule has 0 amide bonds. The number of halogens is 1. The Balaban J connectivity index is 2.00. The molecule has 0 atom stereocenters. The quantitative estimate of drug-likeness (QED) is 0.777. The maximum absolute atomic E-state index is 6.14. The van der Waals surface area contributed by atoms with Crippen LogP contribution in [0.4, 0.5) is 0 Å². The van der Waals surface area contributed by atoms with Crippen LogP contribution in [0.25, 0.3) is 11.3 Å².